The molecule has 132 valence electrons. The van der Waals surface area contributed by atoms with Crippen LogP contribution in [0.4, 0.5) is 10.5 Å². The van der Waals surface area contributed by atoms with E-state index in [0.717, 1.165) is 50.1 Å². The molecule has 1 heterocycles. The molecule has 6 nitrogen and oxygen atoms in total. The number of urea groups is 1. The van der Waals surface area contributed by atoms with Crippen LogP contribution >= 0.6 is 0 Å². The van der Waals surface area contributed by atoms with Crippen LogP contribution in [0.5, 0.6) is 5.75 Å². The van der Waals surface area contributed by atoms with Gasteiger partial charge >= 0.3 is 6.03 Å². The fourth-order valence-corrected chi connectivity index (χ4v) is 3.19. The molecule has 0 aromatic heterocycles. The lowest BCUT2D eigenvalue weighted by molar-refractivity contribution is 0.0648. The van der Waals surface area contributed by atoms with E-state index in [0.29, 0.717) is 13.2 Å². The van der Waals surface area contributed by atoms with E-state index in [4.69, 9.17) is 14.2 Å². The van der Waals surface area contributed by atoms with Gasteiger partial charge in [0.05, 0.1) is 18.2 Å². The third-order valence-corrected chi connectivity index (χ3v) is 4.68. The van der Waals surface area contributed by atoms with Crippen molar-refractivity contribution < 1.29 is 19.0 Å². The maximum absolute atomic E-state index is 12.2. The lowest BCUT2D eigenvalue weighted by atomic mass is 9.77. The molecule has 1 saturated carbocycles. The van der Waals surface area contributed by atoms with Gasteiger partial charge in [0.15, 0.2) is 0 Å². The van der Waals surface area contributed by atoms with Crippen LogP contribution in [0.3, 0.4) is 0 Å². The number of amides is 2. The number of carbonyl (C=O) groups is 1. The topological polar surface area (TPSA) is 68.8 Å². The minimum absolute atomic E-state index is 0.195. The van der Waals surface area contributed by atoms with Crippen molar-refractivity contribution in [3.8, 4) is 5.75 Å². The van der Waals surface area contributed by atoms with Crippen LogP contribution in [0.1, 0.15) is 32.1 Å². The summed E-state index contributed by atoms with van der Waals surface area (Å²) >= 11 is 0. The second-order valence-electron chi connectivity index (χ2n) is 6.62. The summed E-state index contributed by atoms with van der Waals surface area (Å²) in [6, 6.07) is 7.21. The van der Waals surface area contributed by atoms with Crippen molar-refractivity contribution in [3.63, 3.8) is 0 Å². The monoisotopic (exact) mass is 334 g/mol. The second-order valence-corrected chi connectivity index (χ2v) is 6.62. The first-order valence-electron chi connectivity index (χ1n) is 8.62. The summed E-state index contributed by atoms with van der Waals surface area (Å²) in [7, 11) is 1.66. The van der Waals surface area contributed by atoms with Crippen LogP contribution in [-0.4, -0.2) is 44.6 Å². The van der Waals surface area contributed by atoms with Crippen LogP contribution in [-0.2, 0) is 9.47 Å². The Morgan fingerprint density at radius 2 is 2.08 bits per heavy atom. The first kappa shape index (κ1) is 17.0. The minimum Gasteiger partial charge on any atom is -0.491 e. The number of rotatable bonds is 7. The van der Waals surface area contributed by atoms with Gasteiger partial charge in [-0.05, 0) is 56.4 Å². The molecule has 0 bridgehead atoms. The van der Waals surface area contributed by atoms with E-state index in [9.17, 15) is 4.79 Å². The zero-order valence-corrected chi connectivity index (χ0v) is 14.2. The van der Waals surface area contributed by atoms with Crippen molar-refractivity contribution in [1.82, 2.24) is 5.32 Å². The molecular weight excluding hydrogens is 308 g/mol. The largest absolute Gasteiger partial charge is 0.491 e. The Hall–Kier alpha value is -1.79. The van der Waals surface area contributed by atoms with Gasteiger partial charge in [-0.1, -0.05) is 0 Å². The summed E-state index contributed by atoms with van der Waals surface area (Å²) in [5.41, 5.74) is 0.534. The Labute approximate surface area is 142 Å². The third kappa shape index (κ3) is 4.39. The van der Waals surface area contributed by atoms with E-state index >= 15 is 0 Å². The molecule has 24 heavy (non-hydrogen) atoms. The SMILES string of the molecule is COCC1(NC(=O)Nc2ccc(OCC3CCCO3)cc2)CCC1. The molecular formula is C18H26N2O4. The van der Waals surface area contributed by atoms with E-state index in [1.165, 1.54) is 0 Å². The molecule has 6 heteroatoms. The number of nitrogens with one attached hydrogen (secondary N) is 2. The van der Waals surface area contributed by atoms with Gasteiger partial charge in [0.2, 0.25) is 0 Å². The summed E-state index contributed by atoms with van der Waals surface area (Å²) in [5, 5.41) is 5.90. The van der Waals surface area contributed by atoms with Gasteiger partial charge in [-0.15, -0.1) is 0 Å². The highest BCUT2D eigenvalue weighted by molar-refractivity contribution is 5.89. The second kappa shape index (κ2) is 7.85. The molecule has 1 unspecified atom stereocenters. The molecule has 0 spiro atoms. The number of hydrogen-bond donors (Lipinski definition) is 2. The molecule has 1 atom stereocenters. The molecule has 1 aliphatic heterocycles. The van der Waals surface area contributed by atoms with Crippen LogP contribution in [0, 0.1) is 0 Å². The van der Waals surface area contributed by atoms with Gasteiger partial charge in [0.1, 0.15) is 12.4 Å². The van der Waals surface area contributed by atoms with E-state index < -0.39 is 0 Å². The molecule has 2 N–H and O–H groups in total. The maximum Gasteiger partial charge on any atom is 0.319 e. The number of methoxy groups -OCH3 is 1. The predicted molar refractivity (Wildman–Crippen MR) is 91.5 cm³/mol. The summed E-state index contributed by atoms with van der Waals surface area (Å²) in [6.07, 6.45) is 5.42. The van der Waals surface area contributed by atoms with Crippen LogP contribution in [0.25, 0.3) is 0 Å². The Bertz CT molecular complexity index is 536. The van der Waals surface area contributed by atoms with Gasteiger partial charge < -0.3 is 24.8 Å². The average Bonchev–Trinajstić information content (AvgIpc) is 3.06. The molecule has 3 rings (SSSR count). The number of anilines is 1. The van der Waals surface area contributed by atoms with Gasteiger partial charge in [-0.3, -0.25) is 0 Å². The normalized spacial score (nSPS) is 21.8. The fraction of sp³-hybridized carbons (Fsp3) is 0.611. The number of carbonyl (C=O) groups excluding carboxylic acids is 1. The molecule has 1 aliphatic carbocycles. The number of hydrogen-bond acceptors (Lipinski definition) is 4. The van der Waals surface area contributed by atoms with E-state index in [2.05, 4.69) is 10.6 Å². The van der Waals surface area contributed by atoms with Crippen molar-refractivity contribution in [2.75, 3.05) is 32.2 Å². The average molecular weight is 334 g/mol. The predicted octanol–water partition coefficient (Wildman–Crippen LogP) is 2.94. The van der Waals surface area contributed by atoms with E-state index in [-0.39, 0.29) is 17.7 Å². The maximum atomic E-state index is 12.2. The first-order chi connectivity index (χ1) is 11.7. The molecule has 2 amide bonds. The number of ether oxygens (including phenoxy) is 3. The Morgan fingerprint density at radius 3 is 2.67 bits per heavy atom. The summed E-state index contributed by atoms with van der Waals surface area (Å²) < 4.78 is 16.5. The third-order valence-electron chi connectivity index (χ3n) is 4.68. The summed E-state index contributed by atoms with van der Waals surface area (Å²) in [6.45, 7) is 1.96. The minimum atomic E-state index is -0.205. The summed E-state index contributed by atoms with van der Waals surface area (Å²) in [5.74, 6) is 0.784. The van der Waals surface area contributed by atoms with Crippen molar-refractivity contribution in [2.45, 2.75) is 43.7 Å². The van der Waals surface area contributed by atoms with Crippen molar-refractivity contribution in [1.29, 1.82) is 0 Å². The zero-order valence-electron chi connectivity index (χ0n) is 14.2. The van der Waals surface area contributed by atoms with Gasteiger partial charge in [-0.2, -0.15) is 0 Å². The highest BCUT2D eigenvalue weighted by atomic mass is 16.5. The summed E-state index contributed by atoms with van der Waals surface area (Å²) in [4.78, 5) is 12.2. The van der Waals surface area contributed by atoms with Crippen molar-refractivity contribution in [3.05, 3.63) is 24.3 Å². The highest BCUT2D eigenvalue weighted by Crippen LogP contribution is 2.32. The first-order valence-corrected chi connectivity index (χ1v) is 8.62. The van der Waals surface area contributed by atoms with Crippen LogP contribution in [0.2, 0.25) is 0 Å². The van der Waals surface area contributed by atoms with Crippen LogP contribution in [0.15, 0.2) is 24.3 Å². The van der Waals surface area contributed by atoms with Gasteiger partial charge in [0, 0.05) is 19.4 Å². The molecule has 2 fully saturated rings. The molecule has 0 radical (unpaired) electrons. The zero-order chi connectivity index (χ0) is 16.8. The Kier molecular flexibility index (Phi) is 5.58. The fourth-order valence-electron chi connectivity index (χ4n) is 3.19. The lowest BCUT2D eigenvalue weighted by Crippen LogP contribution is -2.57. The molecule has 1 aromatic carbocycles. The smallest absolute Gasteiger partial charge is 0.319 e. The molecule has 1 saturated heterocycles. The molecule has 2 aliphatic rings. The standard InChI is InChI=1S/C18H26N2O4/c1-22-13-18(9-3-10-18)20-17(21)19-14-5-7-15(8-6-14)24-12-16-4-2-11-23-16/h5-8,16H,2-4,9-13H2,1H3,(H2,19,20,21). The van der Waals surface area contributed by atoms with Gasteiger partial charge in [-0.25, -0.2) is 4.79 Å². The van der Waals surface area contributed by atoms with E-state index in [1.54, 1.807) is 7.11 Å². The van der Waals surface area contributed by atoms with Gasteiger partial charge in [0.25, 0.3) is 0 Å². The Morgan fingerprint density at radius 1 is 1.29 bits per heavy atom. The van der Waals surface area contributed by atoms with E-state index in [1.807, 2.05) is 24.3 Å². The quantitative estimate of drug-likeness (QED) is 0.804. The molecule has 1 aromatic rings. The van der Waals surface area contributed by atoms with Crippen molar-refractivity contribution in [2.24, 2.45) is 0 Å². The Balaban J connectivity index is 1.45. The highest BCUT2D eigenvalue weighted by Gasteiger charge is 2.38. The van der Waals surface area contributed by atoms with Crippen molar-refractivity contribution >= 4 is 11.7 Å². The van der Waals surface area contributed by atoms with Crippen LogP contribution < -0.4 is 15.4 Å². The number of benzene rings is 1. The lowest BCUT2D eigenvalue weighted by Gasteiger charge is -2.41.